The molecule has 6 atom stereocenters. The molecule has 0 aliphatic carbocycles. The fourth-order valence-electron chi connectivity index (χ4n) is 5.29. The molecule has 0 aromatic heterocycles. The van der Waals surface area contributed by atoms with Gasteiger partial charge in [-0.25, -0.2) is 4.57 Å². The topological polar surface area (TPSA) is 198 Å². The third-order valence-electron chi connectivity index (χ3n) is 8.42. The lowest BCUT2D eigenvalue weighted by Crippen LogP contribution is -2.29. The molecular formula is C43H76NO11P. The average molecular weight is 814 g/mol. The summed E-state index contributed by atoms with van der Waals surface area (Å²) in [5.74, 6) is -0.647. The van der Waals surface area contributed by atoms with Crippen LogP contribution >= 0.6 is 7.82 Å². The Balaban J connectivity index is 4.50. The van der Waals surface area contributed by atoms with Gasteiger partial charge in [0.2, 0.25) is 0 Å². The Labute approximate surface area is 337 Å². The van der Waals surface area contributed by atoms with E-state index >= 15 is 0 Å². The minimum absolute atomic E-state index is 0.0259. The quantitative estimate of drug-likeness (QED) is 0.0116. The van der Waals surface area contributed by atoms with Crippen LogP contribution in [0.4, 0.5) is 0 Å². The van der Waals surface area contributed by atoms with Crippen molar-refractivity contribution in [3.8, 4) is 0 Å². The summed E-state index contributed by atoms with van der Waals surface area (Å²) in [6.07, 6.45) is 34.4. The Bertz CT molecular complexity index is 1150. The van der Waals surface area contributed by atoms with Gasteiger partial charge in [0.15, 0.2) is 0 Å². The smallest absolute Gasteiger partial charge is 0.457 e. The normalized spacial score (nSPS) is 16.5. The second kappa shape index (κ2) is 38.3. The van der Waals surface area contributed by atoms with Crippen molar-refractivity contribution < 1.29 is 53.2 Å². The number of phosphoric acid groups is 1. The van der Waals surface area contributed by atoms with Crippen molar-refractivity contribution in [2.75, 3.05) is 33.0 Å². The Morgan fingerprint density at radius 1 is 0.679 bits per heavy atom. The van der Waals surface area contributed by atoms with Gasteiger partial charge in [0.25, 0.3) is 0 Å². The van der Waals surface area contributed by atoms with Crippen molar-refractivity contribution in [3.63, 3.8) is 0 Å². The van der Waals surface area contributed by atoms with E-state index in [0.29, 0.717) is 19.4 Å². The molecule has 0 fully saturated rings. The Kier molecular flexibility index (Phi) is 36.8. The van der Waals surface area contributed by atoms with Crippen molar-refractivity contribution in [2.24, 2.45) is 5.73 Å². The molecule has 13 heteroatoms. The highest BCUT2D eigenvalue weighted by Gasteiger charge is 2.25. The lowest BCUT2D eigenvalue weighted by molar-refractivity contribution is -0.155. The molecule has 12 nitrogen and oxygen atoms in total. The second-order valence-electron chi connectivity index (χ2n) is 14.0. The van der Waals surface area contributed by atoms with Crippen LogP contribution < -0.4 is 5.73 Å². The Morgan fingerprint density at radius 2 is 1.29 bits per heavy atom. The van der Waals surface area contributed by atoms with E-state index in [1.54, 1.807) is 43.4 Å². The summed E-state index contributed by atoms with van der Waals surface area (Å²) in [6, 6.07) is 0. The molecule has 0 aromatic rings. The predicted molar refractivity (Wildman–Crippen MR) is 225 cm³/mol. The highest BCUT2D eigenvalue weighted by Crippen LogP contribution is 2.43. The summed E-state index contributed by atoms with van der Waals surface area (Å²) in [4.78, 5) is 22.5. The van der Waals surface area contributed by atoms with E-state index in [0.717, 1.165) is 19.3 Å². The largest absolute Gasteiger partial charge is 0.472 e. The molecule has 0 heterocycles. The van der Waals surface area contributed by atoms with Gasteiger partial charge in [-0.15, -0.1) is 0 Å². The van der Waals surface area contributed by atoms with Crippen molar-refractivity contribution in [1.29, 1.82) is 0 Å². The number of aliphatic hydroxyl groups is 4. The summed E-state index contributed by atoms with van der Waals surface area (Å²) >= 11 is 0. The number of rotatable bonds is 38. The standard InChI is InChI=1S/C43H76NO11P/c1-3-4-5-6-7-8-9-10-11-12-13-14-19-24-34-52-36-42(37-54-56(50,51)53-35-33-44)55-43(49)32-31-41(48)30-29-40(47)28-23-18-17-22-27-39(46)26-21-16-15-20-25-38(2)45/h16-18,20-23,25,27-30,38-42,45-48H,3-15,19,24,26,31-37,44H2,1-2H3,(H,50,51)/b18-17+,21-16+,25-20-,27-22-,28-23+,30-29+. The molecule has 0 bridgehead atoms. The van der Waals surface area contributed by atoms with Crippen LogP contribution in [0.1, 0.15) is 129 Å². The fraction of sp³-hybridized carbons (Fsp3) is 0.698. The van der Waals surface area contributed by atoms with Crippen molar-refractivity contribution >= 4 is 13.8 Å². The van der Waals surface area contributed by atoms with Crippen LogP contribution in [0.2, 0.25) is 0 Å². The van der Waals surface area contributed by atoms with Gasteiger partial charge in [0.1, 0.15) is 6.10 Å². The summed E-state index contributed by atoms with van der Waals surface area (Å²) < 4.78 is 33.1. The van der Waals surface area contributed by atoms with Crippen LogP contribution in [-0.2, 0) is 27.9 Å². The third kappa shape index (κ3) is 38.6. The molecule has 0 aromatic carbocycles. The Hall–Kier alpha value is -2.22. The number of carbonyl (C=O) groups excluding carboxylic acids is 1. The zero-order valence-corrected chi connectivity index (χ0v) is 35.2. The number of esters is 1. The molecule has 7 N–H and O–H groups in total. The number of hydrogen-bond acceptors (Lipinski definition) is 11. The van der Waals surface area contributed by atoms with Crippen LogP contribution in [0.25, 0.3) is 0 Å². The van der Waals surface area contributed by atoms with Gasteiger partial charge in [0.05, 0.1) is 44.2 Å². The molecule has 0 amide bonds. The van der Waals surface area contributed by atoms with Crippen LogP contribution in [0.3, 0.4) is 0 Å². The molecule has 0 rings (SSSR count). The minimum atomic E-state index is -4.39. The zero-order chi connectivity index (χ0) is 41.5. The van der Waals surface area contributed by atoms with Gasteiger partial charge in [-0.05, 0) is 32.6 Å². The van der Waals surface area contributed by atoms with E-state index < -0.39 is 50.9 Å². The zero-order valence-electron chi connectivity index (χ0n) is 34.3. The van der Waals surface area contributed by atoms with E-state index in [1.165, 1.54) is 88.9 Å². The maximum absolute atomic E-state index is 12.6. The average Bonchev–Trinajstić information content (AvgIpc) is 3.16. The number of carbonyl (C=O) groups is 1. The first-order chi connectivity index (χ1) is 27.0. The van der Waals surface area contributed by atoms with Crippen LogP contribution in [0.5, 0.6) is 0 Å². The van der Waals surface area contributed by atoms with Gasteiger partial charge in [0, 0.05) is 19.6 Å². The van der Waals surface area contributed by atoms with Gasteiger partial charge in [-0.3, -0.25) is 13.8 Å². The molecule has 0 aliphatic rings. The van der Waals surface area contributed by atoms with E-state index in [1.807, 2.05) is 18.2 Å². The van der Waals surface area contributed by atoms with Gasteiger partial charge in [-0.1, -0.05) is 163 Å². The van der Waals surface area contributed by atoms with E-state index in [2.05, 4.69) is 6.92 Å². The number of ether oxygens (including phenoxy) is 2. The summed E-state index contributed by atoms with van der Waals surface area (Å²) in [5, 5.41) is 39.6. The van der Waals surface area contributed by atoms with Crippen molar-refractivity contribution in [3.05, 3.63) is 72.9 Å². The third-order valence-corrected chi connectivity index (χ3v) is 9.40. The number of nitrogens with two attached hydrogens (primary N) is 1. The first-order valence-corrected chi connectivity index (χ1v) is 22.3. The number of aliphatic hydroxyl groups excluding tert-OH is 4. The monoisotopic (exact) mass is 814 g/mol. The second-order valence-corrected chi connectivity index (χ2v) is 15.4. The molecule has 56 heavy (non-hydrogen) atoms. The number of phosphoric ester groups is 1. The fourth-order valence-corrected chi connectivity index (χ4v) is 6.05. The Morgan fingerprint density at radius 3 is 1.89 bits per heavy atom. The molecule has 0 saturated heterocycles. The summed E-state index contributed by atoms with van der Waals surface area (Å²) in [7, 11) is -4.39. The molecule has 0 saturated carbocycles. The molecule has 0 radical (unpaired) electrons. The molecule has 324 valence electrons. The SMILES string of the molecule is CCCCCCCCCCCCCCCCOCC(COP(=O)(O)OCCN)OC(=O)CCC(O)/C=C/C(O)/C=C/C=C/C=C\C(O)C/C=C/C/C=C\C(C)O. The van der Waals surface area contributed by atoms with Crippen molar-refractivity contribution in [1.82, 2.24) is 0 Å². The maximum Gasteiger partial charge on any atom is 0.472 e. The first kappa shape index (κ1) is 53.8. The lowest BCUT2D eigenvalue weighted by Gasteiger charge is -2.20. The molecule has 6 unspecified atom stereocenters. The van der Waals surface area contributed by atoms with E-state index in [4.69, 9.17) is 24.3 Å². The summed E-state index contributed by atoms with van der Waals surface area (Å²) in [5.41, 5.74) is 5.33. The van der Waals surface area contributed by atoms with Gasteiger partial charge < -0.3 is 40.5 Å². The highest BCUT2D eigenvalue weighted by molar-refractivity contribution is 7.47. The van der Waals surface area contributed by atoms with Crippen molar-refractivity contribution in [2.45, 2.75) is 160 Å². The van der Waals surface area contributed by atoms with Crippen LogP contribution in [-0.4, -0.2) is 94.8 Å². The van der Waals surface area contributed by atoms with Crippen LogP contribution in [0, 0.1) is 0 Å². The molecule has 0 spiro atoms. The molecule has 0 aliphatic heterocycles. The van der Waals surface area contributed by atoms with Crippen LogP contribution in [0.15, 0.2) is 72.9 Å². The molecular weight excluding hydrogens is 737 g/mol. The minimum Gasteiger partial charge on any atom is -0.457 e. The number of unbranched alkanes of at least 4 members (excludes halogenated alkanes) is 13. The van der Waals surface area contributed by atoms with Gasteiger partial charge in [-0.2, -0.15) is 0 Å². The number of hydrogen-bond donors (Lipinski definition) is 6. The number of allylic oxidation sites excluding steroid dienone is 6. The van der Waals surface area contributed by atoms with E-state index in [-0.39, 0.29) is 32.6 Å². The summed E-state index contributed by atoms with van der Waals surface area (Å²) in [6.45, 7) is 3.78. The van der Waals surface area contributed by atoms with E-state index in [9.17, 15) is 34.7 Å². The lowest BCUT2D eigenvalue weighted by atomic mass is 10.0. The van der Waals surface area contributed by atoms with Gasteiger partial charge >= 0.3 is 13.8 Å². The predicted octanol–water partition coefficient (Wildman–Crippen LogP) is 7.85. The first-order valence-electron chi connectivity index (χ1n) is 20.8. The maximum atomic E-state index is 12.6. The highest BCUT2D eigenvalue weighted by atomic mass is 31.2.